The van der Waals surface area contributed by atoms with E-state index in [1.54, 1.807) is 6.92 Å². The molecule has 5 nitrogen and oxygen atoms in total. The Labute approximate surface area is 102 Å². The first kappa shape index (κ1) is 11.8. The Hall–Kier alpha value is -1.69. The lowest BCUT2D eigenvalue weighted by Crippen LogP contribution is -2.29. The molecule has 2 aromatic rings. The second-order valence-electron chi connectivity index (χ2n) is 4.10. The molecule has 0 fully saturated rings. The molecule has 0 aromatic carbocycles. The molecular weight excluding hydrogens is 238 g/mol. The number of carbonyl (C=O) groups is 1. The molecule has 0 aliphatic carbocycles. The highest BCUT2D eigenvalue weighted by Gasteiger charge is 2.18. The molecule has 0 spiro atoms. The molecule has 0 aliphatic rings. The van der Waals surface area contributed by atoms with Gasteiger partial charge in [0, 0.05) is 6.04 Å². The van der Waals surface area contributed by atoms with E-state index in [0.29, 0.717) is 20.7 Å². The number of aromatic amines is 1. The maximum Gasteiger partial charge on any atom is 0.261 e. The summed E-state index contributed by atoms with van der Waals surface area (Å²) in [5.74, 6) is -0.153. The summed E-state index contributed by atoms with van der Waals surface area (Å²) in [6, 6.07) is 0.0679. The van der Waals surface area contributed by atoms with Gasteiger partial charge in [0.15, 0.2) is 0 Å². The fourth-order valence-corrected chi connectivity index (χ4v) is 2.68. The van der Waals surface area contributed by atoms with Gasteiger partial charge in [-0.1, -0.05) is 0 Å². The van der Waals surface area contributed by atoms with E-state index in [9.17, 15) is 9.59 Å². The van der Waals surface area contributed by atoms with E-state index in [-0.39, 0.29) is 17.5 Å². The summed E-state index contributed by atoms with van der Waals surface area (Å²) in [5.41, 5.74) is 0.491. The molecule has 0 bridgehead atoms. The maximum atomic E-state index is 11.9. The van der Waals surface area contributed by atoms with E-state index in [1.165, 1.54) is 17.7 Å². The summed E-state index contributed by atoms with van der Waals surface area (Å²) in [6.07, 6.45) is 1.35. The summed E-state index contributed by atoms with van der Waals surface area (Å²) in [6.45, 7) is 5.56. The fraction of sp³-hybridized carbons (Fsp3) is 0.364. The van der Waals surface area contributed by atoms with Gasteiger partial charge >= 0.3 is 0 Å². The normalized spacial score (nSPS) is 11.1. The molecular formula is C11H13N3O2S. The van der Waals surface area contributed by atoms with Crippen LogP contribution in [0.15, 0.2) is 11.1 Å². The predicted molar refractivity (Wildman–Crippen MR) is 67.6 cm³/mol. The van der Waals surface area contributed by atoms with Crippen LogP contribution in [0.4, 0.5) is 0 Å². The van der Waals surface area contributed by atoms with Crippen molar-refractivity contribution >= 4 is 27.5 Å². The summed E-state index contributed by atoms with van der Waals surface area (Å²) >= 11 is 1.24. The number of amides is 1. The van der Waals surface area contributed by atoms with Crippen molar-refractivity contribution in [2.24, 2.45) is 0 Å². The van der Waals surface area contributed by atoms with E-state index in [1.807, 2.05) is 13.8 Å². The zero-order valence-corrected chi connectivity index (χ0v) is 10.6. The molecule has 0 atom stereocenters. The van der Waals surface area contributed by atoms with Crippen LogP contribution in [0.1, 0.15) is 29.1 Å². The second kappa shape index (κ2) is 4.29. The van der Waals surface area contributed by atoms with Crippen molar-refractivity contribution in [3.63, 3.8) is 0 Å². The Balaban J connectivity index is 2.57. The minimum Gasteiger partial charge on any atom is -0.349 e. The van der Waals surface area contributed by atoms with Gasteiger partial charge in [0.25, 0.3) is 11.5 Å². The summed E-state index contributed by atoms with van der Waals surface area (Å²) in [5, 5.41) is 3.32. The van der Waals surface area contributed by atoms with Gasteiger partial charge in [0.1, 0.15) is 4.83 Å². The van der Waals surface area contributed by atoms with Crippen LogP contribution in [0.5, 0.6) is 0 Å². The van der Waals surface area contributed by atoms with Crippen LogP contribution in [0.25, 0.3) is 10.2 Å². The number of thiophene rings is 1. The van der Waals surface area contributed by atoms with Crippen molar-refractivity contribution in [2.45, 2.75) is 26.8 Å². The molecule has 1 amide bonds. The number of nitrogens with zero attached hydrogens (tertiary/aromatic N) is 1. The van der Waals surface area contributed by atoms with E-state index >= 15 is 0 Å². The average Bonchev–Trinajstić information content (AvgIpc) is 2.56. The third kappa shape index (κ3) is 2.08. The van der Waals surface area contributed by atoms with Gasteiger partial charge in [0.05, 0.1) is 16.6 Å². The van der Waals surface area contributed by atoms with Gasteiger partial charge in [0.2, 0.25) is 0 Å². The van der Waals surface area contributed by atoms with Crippen molar-refractivity contribution in [3.05, 3.63) is 27.1 Å². The first-order chi connectivity index (χ1) is 8.00. The van der Waals surface area contributed by atoms with Crippen molar-refractivity contribution in [2.75, 3.05) is 0 Å². The molecule has 0 radical (unpaired) electrons. The van der Waals surface area contributed by atoms with Crippen LogP contribution in [-0.2, 0) is 0 Å². The van der Waals surface area contributed by atoms with Gasteiger partial charge in [-0.2, -0.15) is 0 Å². The summed E-state index contributed by atoms with van der Waals surface area (Å²) < 4.78 is 0. The maximum absolute atomic E-state index is 11.9. The lowest BCUT2D eigenvalue weighted by Gasteiger charge is -2.06. The molecule has 0 unspecified atom stereocenters. The molecule has 6 heteroatoms. The average molecular weight is 251 g/mol. The smallest absolute Gasteiger partial charge is 0.261 e. The lowest BCUT2D eigenvalue weighted by atomic mass is 10.2. The lowest BCUT2D eigenvalue weighted by molar-refractivity contribution is 0.0947. The van der Waals surface area contributed by atoms with Gasteiger partial charge in [-0.25, -0.2) is 4.98 Å². The zero-order chi connectivity index (χ0) is 12.6. The van der Waals surface area contributed by atoms with Crippen LogP contribution in [-0.4, -0.2) is 21.9 Å². The van der Waals surface area contributed by atoms with E-state index in [0.717, 1.165) is 0 Å². The minimum absolute atomic E-state index is 0.0679. The largest absolute Gasteiger partial charge is 0.349 e. The van der Waals surface area contributed by atoms with E-state index < -0.39 is 0 Å². The fourth-order valence-electron chi connectivity index (χ4n) is 1.62. The Morgan fingerprint density at radius 1 is 1.53 bits per heavy atom. The van der Waals surface area contributed by atoms with Crippen molar-refractivity contribution in [3.8, 4) is 0 Å². The minimum atomic E-state index is -0.202. The molecule has 0 aliphatic heterocycles. The van der Waals surface area contributed by atoms with E-state index in [4.69, 9.17) is 0 Å². The van der Waals surface area contributed by atoms with Gasteiger partial charge in [-0.15, -0.1) is 11.3 Å². The monoisotopic (exact) mass is 251 g/mol. The van der Waals surface area contributed by atoms with Gasteiger partial charge in [-0.05, 0) is 26.3 Å². The van der Waals surface area contributed by atoms with Crippen molar-refractivity contribution in [1.29, 1.82) is 0 Å². The first-order valence-corrected chi connectivity index (χ1v) is 6.10. The molecule has 2 heterocycles. The van der Waals surface area contributed by atoms with Crippen LogP contribution in [0.2, 0.25) is 0 Å². The number of hydrogen-bond acceptors (Lipinski definition) is 4. The van der Waals surface area contributed by atoms with Crippen LogP contribution in [0.3, 0.4) is 0 Å². The molecule has 2 rings (SSSR count). The number of H-pyrrole nitrogens is 1. The number of fused-ring (bicyclic) bond motifs is 1. The topological polar surface area (TPSA) is 74.8 Å². The Morgan fingerprint density at radius 2 is 2.24 bits per heavy atom. The number of hydrogen-bond donors (Lipinski definition) is 2. The molecule has 2 aromatic heterocycles. The predicted octanol–water partition coefficient (Wildman–Crippen LogP) is 1.43. The summed E-state index contributed by atoms with van der Waals surface area (Å²) in [7, 11) is 0. The van der Waals surface area contributed by atoms with Gasteiger partial charge < -0.3 is 10.3 Å². The number of aryl methyl sites for hydroxylation is 1. The Kier molecular flexibility index (Phi) is 2.97. The van der Waals surface area contributed by atoms with Crippen molar-refractivity contribution < 1.29 is 4.79 Å². The zero-order valence-electron chi connectivity index (χ0n) is 9.83. The molecule has 0 saturated heterocycles. The summed E-state index contributed by atoms with van der Waals surface area (Å²) in [4.78, 5) is 31.3. The van der Waals surface area contributed by atoms with Crippen molar-refractivity contribution in [1.82, 2.24) is 15.3 Å². The number of nitrogens with one attached hydrogen (secondary N) is 2. The van der Waals surface area contributed by atoms with Crippen LogP contribution < -0.4 is 10.9 Å². The molecule has 0 saturated carbocycles. The highest BCUT2D eigenvalue weighted by molar-refractivity contribution is 7.20. The highest BCUT2D eigenvalue weighted by Crippen LogP contribution is 2.26. The number of aromatic nitrogens is 2. The molecule has 90 valence electrons. The van der Waals surface area contributed by atoms with E-state index in [2.05, 4.69) is 15.3 Å². The molecule has 2 N–H and O–H groups in total. The third-order valence-corrected chi connectivity index (χ3v) is 3.56. The molecule has 17 heavy (non-hydrogen) atoms. The third-order valence-electron chi connectivity index (χ3n) is 2.36. The standard InChI is InChI=1S/C11H13N3O2S/c1-5(2)14-10(16)8-6(3)7-9(15)12-4-13-11(7)17-8/h4-5H,1-3H3,(H,14,16)(H,12,13,15). The second-order valence-corrected chi connectivity index (χ2v) is 5.10. The first-order valence-electron chi connectivity index (χ1n) is 5.28. The quantitative estimate of drug-likeness (QED) is 0.848. The number of carbonyl (C=O) groups excluding carboxylic acids is 1. The number of rotatable bonds is 2. The van der Waals surface area contributed by atoms with Gasteiger partial charge in [-0.3, -0.25) is 9.59 Å². The van der Waals surface area contributed by atoms with Crippen LogP contribution >= 0.6 is 11.3 Å². The SMILES string of the molecule is Cc1c(C(=O)NC(C)C)sc2nc[nH]c(=O)c12. The highest BCUT2D eigenvalue weighted by atomic mass is 32.1. The Morgan fingerprint density at radius 3 is 2.82 bits per heavy atom. The Bertz CT molecular complexity index is 627. The van der Waals surface area contributed by atoms with Crippen LogP contribution in [0, 0.1) is 6.92 Å².